The van der Waals surface area contributed by atoms with E-state index in [-0.39, 0.29) is 11.5 Å². The Bertz CT molecular complexity index is 484. The van der Waals surface area contributed by atoms with Crippen LogP contribution in [0.4, 0.5) is 26.3 Å². The quantitative estimate of drug-likeness (QED) is 0.849. The van der Waals surface area contributed by atoms with Gasteiger partial charge in [0.25, 0.3) is 0 Å². The third-order valence-electron chi connectivity index (χ3n) is 2.52. The number of benzene rings is 1. The first-order chi connectivity index (χ1) is 9.39. The zero-order chi connectivity index (χ0) is 16.4. The fourth-order valence-corrected chi connectivity index (χ4v) is 1.53. The van der Waals surface area contributed by atoms with Gasteiger partial charge < -0.3 is 15.2 Å². The minimum absolute atomic E-state index is 0.127. The van der Waals surface area contributed by atoms with Crippen molar-refractivity contribution >= 4 is 0 Å². The standard InChI is InChI=1S/C12H13F6NO2/c1-6(2)10(19)7-3-4-8(20-11(13,14)15)9(5-7)21-12(16,17)18/h3-6,10H,19H2,1-2H3. The summed E-state index contributed by atoms with van der Waals surface area (Å²) in [6, 6.07) is 2.04. The maximum atomic E-state index is 12.3. The van der Waals surface area contributed by atoms with Gasteiger partial charge in [0.1, 0.15) is 0 Å². The number of alkyl halides is 6. The van der Waals surface area contributed by atoms with Crippen molar-refractivity contribution < 1.29 is 35.8 Å². The number of hydrogen-bond acceptors (Lipinski definition) is 3. The highest BCUT2D eigenvalue weighted by Crippen LogP contribution is 2.37. The maximum absolute atomic E-state index is 12.3. The molecule has 0 aromatic heterocycles. The number of rotatable bonds is 4. The van der Waals surface area contributed by atoms with Crippen LogP contribution in [0.15, 0.2) is 18.2 Å². The van der Waals surface area contributed by atoms with Crippen molar-refractivity contribution in [3.05, 3.63) is 23.8 Å². The first-order valence-corrected chi connectivity index (χ1v) is 5.80. The molecular formula is C12H13F6NO2. The van der Waals surface area contributed by atoms with Crippen LogP contribution in [0, 0.1) is 5.92 Å². The van der Waals surface area contributed by atoms with E-state index in [0.29, 0.717) is 0 Å². The van der Waals surface area contributed by atoms with E-state index in [4.69, 9.17) is 5.73 Å². The normalized spacial score (nSPS) is 14.2. The second kappa shape index (κ2) is 6.00. The Balaban J connectivity index is 3.20. The van der Waals surface area contributed by atoms with Gasteiger partial charge in [0.05, 0.1) is 0 Å². The molecule has 0 bridgehead atoms. The Morgan fingerprint density at radius 3 is 1.81 bits per heavy atom. The second-order valence-corrected chi connectivity index (χ2v) is 4.57. The van der Waals surface area contributed by atoms with Crippen molar-refractivity contribution in [3.63, 3.8) is 0 Å². The Morgan fingerprint density at radius 2 is 1.38 bits per heavy atom. The highest BCUT2D eigenvalue weighted by molar-refractivity contribution is 5.44. The molecule has 1 unspecified atom stereocenters. The van der Waals surface area contributed by atoms with E-state index < -0.39 is 30.3 Å². The molecule has 2 N–H and O–H groups in total. The Labute approximate surface area is 116 Å². The fourth-order valence-electron chi connectivity index (χ4n) is 1.53. The summed E-state index contributed by atoms with van der Waals surface area (Å²) in [7, 11) is 0. The first-order valence-electron chi connectivity index (χ1n) is 5.80. The molecule has 1 atom stereocenters. The molecule has 0 aliphatic carbocycles. The third kappa shape index (κ3) is 5.70. The van der Waals surface area contributed by atoms with Gasteiger partial charge in [-0.1, -0.05) is 19.9 Å². The van der Waals surface area contributed by atoms with Gasteiger partial charge in [0.2, 0.25) is 0 Å². The molecule has 1 aromatic rings. The largest absolute Gasteiger partial charge is 0.573 e. The molecule has 0 aliphatic heterocycles. The van der Waals surface area contributed by atoms with Gasteiger partial charge in [-0.05, 0) is 23.6 Å². The van der Waals surface area contributed by atoms with Crippen molar-refractivity contribution in [2.45, 2.75) is 32.6 Å². The summed E-state index contributed by atoms with van der Waals surface area (Å²) in [5, 5.41) is 0. The van der Waals surface area contributed by atoms with E-state index in [1.54, 1.807) is 13.8 Å². The fraction of sp³-hybridized carbons (Fsp3) is 0.500. The molecule has 0 saturated carbocycles. The van der Waals surface area contributed by atoms with Crippen molar-refractivity contribution in [1.29, 1.82) is 0 Å². The van der Waals surface area contributed by atoms with E-state index in [1.165, 1.54) is 0 Å². The summed E-state index contributed by atoms with van der Waals surface area (Å²) in [5.41, 5.74) is 5.96. The van der Waals surface area contributed by atoms with Crippen LogP contribution >= 0.6 is 0 Å². The van der Waals surface area contributed by atoms with Crippen LogP contribution in [-0.2, 0) is 0 Å². The zero-order valence-corrected chi connectivity index (χ0v) is 11.0. The number of nitrogens with two attached hydrogens (primary N) is 1. The molecule has 0 radical (unpaired) electrons. The van der Waals surface area contributed by atoms with Crippen LogP contribution in [0.25, 0.3) is 0 Å². The molecule has 21 heavy (non-hydrogen) atoms. The Kier molecular flexibility index (Phi) is 4.98. The smallest absolute Gasteiger partial charge is 0.402 e. The predicted octanol–water partition coefficient (Wildman–Crippen LogP) is 4.14. The molecule has 0 amide bonds. The average Bonchev–Trinajstić information content (AvgIpc) is 2.26. The van der Waals surface area contributed by atoms with E-state index in [2.05, 4.69) is 9.47 Å². The molecule has 1 rings (SSSR count). The molecule has 0 heterocycles. The topological polar surface area (TPSA) is 44.5 Å². The molecule has 3 nitrogen and oxygen atoms in total. The number of ether oxygens (including phenoxy) is 2. The summed E-state index contributed by atoms with van der Waals surface area (Å²) < 4.78 is 80.3. The van der Waals surface area contributed by atoms with Crippen molar-refractivity contribution in [1.82, 2.24) is 0 Å². The van der Waals surface area contributed by atoms with Crippen LogP contribution < -0.4 is 15.2 Å². The summed E-state index contributed by atoms with van der Waals surface area (Å²) in [4.78, 5) is 0. The second-order valence-electron chi connectivity index (χ2n) is 4.57. The predicted molar refractivity (Wildman–Crippen MR) is 61.6 cm³/mol. The van der Waals surface area contributed by atoms with E-state index in [1.807, 2.05) is 0 Å². The van der Waals surface area contributed by atoms with Gasteiger partial charge in [0.15, 0.2) is 11.5 Å². The van der Waals surface area contributed by atoms with Crippen LogP contribution in [-0.4, -0.2) is 12.7 Å². The maximum Gasteiger partial charge on any atom is 0.573 e. The van der Waals surface area contributed by atoms with E-state index in [9.17, 15) is 26.3 Å². The van der Waals surface area contributed by atoms with Crippen molar-refractivity contribution in [2.75, 3.05) is 0 Å². The van der Waals surface area contributed by atoms with Crippen LogP contribution in [0.1, 0.15) is 25.5 Å². The van der Waals surface area contributed by atoms with Gasteiger partial charge in [-0.3, -0.25) is 0 Å². The van der Waals surface area contributed by atoms with Gasteiger partial charge in [-0.2, -0.15) is 0 Å². The third-order valence-corrected chi connectivity index (χ3v) is 2.52. The zero-order valence-electron chi connectivity index (χ0n) is 11.0. The molecule has 9 heteroatoms. The van der Waals surface area contributed by atoms with Gasteiger partial charge in [-0.15, -0.1) is 26.3 Å². The van der Waals surface area contributed by atoms with E-state index in [0.717, 1.165) is 18.2 Å². The monoisotopic (exact) mass is 317 g/mol. The minimum atomic E-state index is -5.15. The summed E-state index contributed by atoms with van der Waals surface area (Å²) in [6.45, 7) is 3.43. The molecule has 120 valence electrons. The average molecular weight is 317 g/mol. The molecule has 0 spiro atoms. The minimum Gasteiger partial charge on any atom is -0.402 e. The summed E-state index contributed by atoms with van der Waals surface area (Å²) in [6.07, 6.45) is -10.3. The van der Waals surface area contributed by atoms with Crippen LogP contribution in [0.2, 0.25) is 0 Å². The lowest BCUT2D eigenvalue weighted by atomic mass is 9.97. The molecule has 0 aliphatic rings. The lowest BCUT2D eigenvalue weighted by molar-refractivity contribution is -0.287. The number of halogens is 6. The van der Waals surface area contributed by atoms with Crippen molar-refractivity contribution in [2.24, 2.45) is 11.7 Å². The van der Waals surface area contributed by atoms with Crippen molar-refractivity contribution in [3.8, 4) is 11.5 Å². The lowest BCUT2D eigenvalue weighted by Gasteiger charge is -2.20. The molecule has 1 aromatic carbocycles. The molecule has 0 saturated heterocycles. The van der Waals surface area contributed by atoms with E-state index >= 15 is 0 Å². The first kappa shape index (κ1) is 17.4. The van der Waals surface area contributed by atoms with Gasteiger partial charge in [-0.25, -0.2) is 0 Å². The summed E-state index contributed by atoms with van der Waals surface area (Å²) >= 11 is 0. The lowest BCUT2D eigenvalue weighted by Crippen LogP contribution is -2.22. The Hall–Kier alpha value is -1.64. The SMILES string of the molecule is CC(C)C(N)c1ccc(OC(F)(F)F)c(OC(F)(F)F)c1. The molecular weight excluding hydrogens is 304 g/mol. The van der Waals surface area contributed by atoms with Gasteiger partial charge >= 0.3 is 12.7 Å². The highest BCUT2D eigenvalue weighted by atomic mass is 19.4. The molecule has 0 fully saturated rings. The van der Waals surface area contributed by atoms with Crippen LogP contribution in [0.5, 0.6) is 11.5 Å². The van der Waals surface area contributed by atoms with Gasteiger partial charge in [0, 0.05) is 6.04 Å². The summed E-state index contributed by atoms with van der Waals surface area (Å²) in [5.74, 6) is -2.30. The van der Waals surface area contributed by atoms with Crippen LogP contribution in [0.3, 0.4) is 0 Å². The highest BCUT2D eigenvalue weighted by Gasteiger charge is 2.36. The Morgan fingerprint density at radius 1 is 0.905 bits per heavy atom. The number of hydrogen-bond donors (Lipinski definition) is 1.